The molecular formula is C37H45N3O6. The molecule has 46 heavy (non-hydrogen) atoms. The summed E-state index contributed by atoms with van der Waals surface area (Å²) in [6.45, 7) is 10.8. The Labute approximate surface area is 270 Å². The SMILES string of the molecule is CC1NC(C)C(C(=O)O)(C(C)(C)CN2CCC(c3ccccc3)(c3ccccc3)CC2)C(c2cccc([N+](=O)[O-])c2)C1(C)C(=O)O. The number of nitrogens with zero attached hydrogens (tertiary/aromatic N) is 2. The average molecular weight is 628 g/mol. The van der Waals surface area contributed by atoms with Crippen LogP contribution in [0, 0.1) is 26.4 Å². The number of nitro groups is 1. The minimum atomic E-state index is -1.64. The number of nitro benzene ring substituents is 1. The third-order valence-corrected chi connectivity index (χ3v) is 11.5. The second-order valence-electron chi connectivity index (χ2n) is 14.1. The molecule has 2 heterocycles. The number of benzene rings is 3. The van der Waals surface area contributed by atoms with Gasteiger partial charge in [-0.05, 0) is 68.8 Å². The molecule has 9 nitrogen and oxygen atoms in total. The summed E-state index contributed by atoms with van der Waals surface area (Å²) >= 11 is 0. The van der Waals surface area contributed by atoms with Crippen molar-refractivity contribution >= 4 is 17.6 Å². The van der Waals surface area contributed by atoms with E-state index in [2.05, 4.69) is 58.7 Å². The van der Waals surface area contributed by atoms with Crippen LogP contribution in [0.5, 0.6) is 0 Å². The second kappa shape index (κ2) is 12.3. The Balaban J connectivity index is 1.57. The lowest BCUT2D eigenvalue weighted by Crippen LogP contribution is -2.73. The number of likely N-dealkylation sites (tertiary alicyclic amines) is 1. The van der Waals surface area contributed by atoms with E-state index in [9.17, 15) is 29.9 Å². The molecule has 5 atom stereocenters. The number of carbonyl (C=O) groups is 2. The first kappa shape index (κ1) is 33.3. The minimum absolute atomic E-state index is 0.184. The van der Waals surface area contributed by atoms with Crippen molar-refractivity contribution < 1.29 is 24.7 Å². The van der Waals surface area contributed by atoms with E-state index >= 15 is 0 Å². The molecule has 9 heteroatoms. The van der Waals surface area contributed by atoms with Gasteiger partial charge in [0.2, 0.25) is 0 Å². The number of non-ortho nitro benzene ring substituents is 1. The van der Waals surface area contributed by atoms with Gasteiger partial charge in [0.15, 0.2) is 0 Å². The van der Waals surface area contributed by atoms with Crippen LogP contribution < -0.4 is 5.32 Å². The van der Waals surface area contributed by atoms with Gasteiger partial charge in [0, 0.05) is 42.1 Å². The summed E-state index contributed by atoms with van der Waals surface area (Å²) in [5, 5.41) is 37.3. The van der Waals surface area contributed by atoms with Crippen molar-refractivity contribution in [3.63, 3.8) is 0 Å². The minimum Gasteiger partial charge on any atom is -0.481 e. The van der Waals surface area contributed by atoms with Crippen molar-refractivity contribution in [2.45, 2.75) is 70.9 Å². The number of aliphatic carboxylic acids is 2. The van der Waals surface area contributed by atoms with Gasteiger partial charge in [-0.25, -0.2) is 0 Å². The zero-order chi connectivity index (χ0) is 33.5. The average Bonchev–Trinajstić information content (AvgIpc) is 3.03. The molecule has 2 saturated heterocycles. The third-order valence-electron chi connectivity index (χ3n) is 11.5. The van der Waals surface area contributed by atoms with Crippen molar-refractivity contribution in [1.82, 2.24) is 10.2 Å². The number of carboxylic acid groups (broad SMARTS) is 2. The lowest BCUT2D eigenvalue weighted by molar-refractivity contribution is -0.385. The normalized spacial score (nSPS) is 28.3. The summed E-state index contributed by atoms with van der Waals surface area (Å²) in [6.07, 6.45) is 1.67. The van der Waals surface area contributed by atoms with E-state index < -0.39 is 51.1 Å². The van der Waals surface area contributed by atoms with Crippen LogP contribution in [-0.2, 0) is 15.0 Å². The van der Waals surface area contributed by atoms with Gasteiger partial charge in [0.05, 0.1) is 15.8 Å². The maximum Gasteiger partial charge on any atom is 0.312 e. The van der Waals surface area contributed by atoms with Gasteiger partial charge in [-0.3, -0.25) is 19.7 Å². The second-order valence-corrected chi connectivity index (χ2v) is 14.1. The summed E-state index contributed by atoms with van der Waals surface area (Å²) in [6, 6.07) is 25.6. The molecule has 5 rings (SSSR count). The number of hydrogen-bond donors (Lipinski definition) is 3. The first-order valence-electron chi connectivity index (χ1n) is 16.0. The topological polar surface area (TPSA) is 133 Å². The van der Waals surface area contributed by atoms with Crippen LogP contribution in [0.2, 0.25) is 0 Å². The van der Waals surface area contributed by atoms with E-state index in [1.54, 1.807) is 19.9 Å². The Bertz CT molecular complexity index is 1550. The van der Waals surface area contributed by atoms with E-state index in [4.69, 9.17) is 0 Å². The van der Waals surface area contributed by atoms with Crippen molar-refractivity contribution in [3.05, 3.63) is 112 Å². The molecule has 0 amide bonds. The summed E-state index contributed by atoms with van der Waals surface area (Å²) in [5.41, 5.74) is -1.73. The predicted molar refractivity (Wildman–Crippen MR) is 177 cm³/mol. The number of hydrogen-bond acceptors (Lipinski definition) is 6. The summed E-state index contributed by atoms with van der Waals surface area (Å²) in [4.78, 5) is 40.7. The Morgan fingerprint density at radius 1 is 0.891 bits per heavy atom. The highest BCUT2D eigenvalue weighted by molar-refractivity contribution is 5.84. The van der Waals surface area contributed by atoms with E-state index in [0.717, 1.165) is 25.9 Å². The number of rotatable bonds is 9. The quantitative estimate of drug-likeness (QED) is 0.185. The monoisotopic (exact) mass is 627 g/mol. The molecule has 3 N–H and O–H groups in total. The van der Waals surface area contributed by atoms with Crippen LogP contribution in [0.25, 0.3) is 0 Å². The molecule has 0 spiro atoms. The highest BCUT2D eigenvalue weighted by atomic mass is 16.6. The molecule has 0 aliphatic carbocycles. The van der Waals surface area contributed by atoms with Crippen molar-refractivity contribution in [1.29, 1.82) is 0 Å². The van der Waals surface area contributed by atoms with Gasteiger partial charge in [-0.2, -0.15) is 0 Å². The number of piperidine rings is 2. The van der Waals surface area contributed by atoms with Crippen molar-refractivity contribution in [2.75, 3.05) is 19.6 Å². The van der Waals surface area contributed by atoms with E-state index in [1.807, 2.05) is 32.9 Å². The summed E-state index contributed by atoms with van der Waals surface area (Å²) in [5.74, 6) is -3.34. The van der Waals surface area contributed by atoms with E-state index in [0.29, 0.717) is 12.1 Å². The van der Waals surface area contributed by atoms with Gasteiger partial charge < -0.3 is 20.4 Å². The van der Waals surface area contributed by atoms with Crippen LogP contribution >= 0.6 is 0 Å². The number of carboxylic acids is 2. The van der Waals surface area contributed by atoms with E-state index in [-0.39, 0.29) is 11.1 Å². The smallest absolute Gasteiger partial charge is 0.312 e. The maximum atomic E-state index is 13.9. The molecule has 2 aliphatic heterocycles. The van der Waals surface area contributed by atoms with Crippen LogP contribution in [0.1, 0.15) is 70.1 Å². The van der Waals surface area contributed by atoms with Crippen molar-refractivity contribution in [3.8, 4) is 0 Å². The first-order valence-corrected chi connectivity index (χ1v) is 16.0. The lowest BCUT2D eigenvalue weighted by atomic mass is 9.45. The van der Waals surface area contributed by atoms with Crippen LogP contribution in [-0.4, -0.2) is 63.7 Å². The van der Waals surface area contributed by atoms with Crippen LogP contribution in [0.3, 0.4) is 0 Å². The highest BCUT2D eigenvalue weighted by Gasteiger charge is 2.70. The van der Waals surface area contributed by atoms with Crippen LogP contribution in [0.4, 0.5) is 5.69 Å². The zero-order valence-electron chi connectivity index (χ0n) is 27.3. The van der Waals surface area contributed by atoms with Crippen molar-refractivity contribution in [2.24, 2.45) is 16.2 Å². The fourth-order valence-electron chi connectivity index (χ4n) is 9.00. The Morgan fingerprint density at radius 2 is 1.43 bits per heavy atom. The van der Waals surface area contributed by atoms with Gasteiger partial charge in [0.1, 0.15) is 0 Å². The highest BCUT2D eigenvalue weighted by Crippen LogP contribution is 2.62. The molecule has 3 aromatic rings. The Morgan fingerprint density at radius 3 is 1.91 bits per heavy atom. The van der Waals surface area contributed by atoms with Gasteiger partial charge in [-0.15, -0.1) is 0 Å². The molecular weight excluding hydrogens is 582 g/mol. The van der Waals surface area contributed by atoms with Gasteiger partial charge in [0.25, 0.3) is 5.69 Å². The van der Waals surface area contributed by atoms with Crippen LogP contribution in [0.15, 0.2) is 84.9 Å². The van der Waals surface area contributed by atoms with Gasteiger partial charge in [-0.1, -0.05) is 86.6 Å². The molecule has 0 bridgehead atoms. The van der Waals surface area contributed by atoms with Gasteiger partial charge >= 0.3 is 11.9 Å². The van der Waals surface area contributed by atoms with E-state index in [1.165, 1.54) is 29.3 Å². The third kappa shape index (κ3) is 5.19. The summed E-state index contributed by atoms with van der Waals surface area (Å²) in [7, 11) is 0. The lowest BCUT2D eigenvalue weighted by Gasteiger charge is -2.62. The molecule has 3 aromatic carbocycles. The Kier molecular flexibility index (Phi) is 8.87. The standard InChI is InChI=1S/C37H45N3O6/c1-25-35(5,32(41)42)31(27-13-12-18-30(23-27)40(45)46)37(33(43)44,26(2)38-25)34(3,4)24-39-21-19-36(20-22-39,28-14-8-6-9-15-28)29-16-10-7-11-17-29/h6-18,23,25-26,31,38H,19-22,24H2,1-5H3,(H,41,42)(H,43,44). The molecule has 2 aliphatic rings. The fraction of sp³-hybridized carbons (Fsp3) is 0.459. The fourth-order valence-corrected chi connectivity index (χ4v) is 9.00. The maximum absolute atomic E-state index is 13.9. The molecule has 0 radical (unpaired) electrons. The molecule has 0 saturated carbocycles. The molecule has 0 aromatic heterocycles. The largest absolute Gasteiger partial charge is 0.481 e. The molecule has 5 unspecified atom stereocenters. The zero-order valence-corrected chi connectivity index (χ0v) is 27.3. The molecule has 2 fully saturated rings. The number of nitrogens with one attached hydrogen (secondary N) is 1. The summed E-state index contributed by atoms with van der Waals surface area (Å²) < 4.78 is 0. The Hall–Kier alpha value is -4.08. The molecule has 244 valence electrons. The predicted octanol–water partition coefficient (Wildman–Crippen LogP) is 6.33. The first-order chi connectivity index (χ1) is 21.7.